The van der Waals surface area contributed by atoms with Crippen molar-refractivity contribution >= 4 is 17.3 Å². The second kappa shape index (κ2) is 9.39. The number of halogens is 1. The van der Waals surface area contributed by atoms with E-state index in [9.17, 15) is 9.18 Å². The molecular formula is C24H24FNO3S. The highest BCUT2D eigenvalue weighted by Gasteiger charge is 2.19. The van der Waals surface area contributed by atoms with Gasteiger partial charge in [-0.25, -0.2) is 9.37 Å². The van der Waals surface area contributed by atoms with Crippen LogP contribution in [-0.4, -0.2) is 18.1 Å². The first-order valence-corrected chi connectivity index (χ1v) is 11.0. The highest BCUT2D eigenvalue weighted by Crippen LogP contribution is 2.35. The third-order valence-corrected chi connectivity index (χ3v) is 6.48. The summed E-state index contributed by atoms with van der Waals surface area (Å²) in [7, 11) is 1.40. The van der Waals surface area contributed by atoms with Crippen LogP contribution in [0.3, 0.4) is 0 Å². The Hall–Kier alpha value is -2.73. The minimum absolute atomic E-state index is 0.189. The number of methoxy groups -OCH3 is 1. The molecule has 0 aliphatic heterocycles. The van der Waals surface area contributed by atoms with Crippen LogP contribution >= 0.6 is 11.3 Å². The van der Waals surface area contributed by atoms with Gasteiger partial charge in [-0.3, -0.25) is 4.79 Å². The number of benzene rings is 2. The van der Waals surface area contributed by atoms with Crippen LogP contribution in [-0.2, 0) is 35.4 Å². The Balaban J connectivity index is 1.41. The lowest BCUT2D eigenvalue weighted by Crippen LogP contribution is -2.01. The molecule has 6 heteroatoms. The van der Waals surface area contributed by atoms with E-state index in [1.807, 2.05) is 24.3 Å². The zero-order valence-corrected chi connectivity index (χ0v) is 17.8. The first-order valence-electron chi connectivity index (χ1n) is 10.2. The number of carbonyl (C=O) groups is 1. The molecule has 1 aromatic heterocycles. The Labute approximate surface area is 179 Å². The summed E-state index contributed by atoms with van der Waals surface area (Å²) in [4.78, 5) is 17.3. The zero-order valence-electron chi connectivity index (χ0n) is 16.9. The number of rotatable bonds is 8. The highest BCUT2D eigenvalue weighted by molar-refractivity contribution is 7.15. The van der Waals surface area contributed by atoms with Gasteiger partial charge >= 0.3 is 5.97 Å². The van der Waals surface area contributed by atoms with Crippen molar-refractivity contribution in [3.8, 4) is 16.3 Å². The molecule has 1 aliphatic rings. The summed E-state index contributed by atoms with van der Waals surface area (Å²) in [5.41, 5.74) is 4.06. The molecule has 0 amide bonds. The highest BCUT2D eigenvalue weighted by atomic mass is 32.1. The van der Waals surface area contributed by atoms with Crippen molar-refractivity contribution in [2.75, 3.05) is 7.11 Å². The molecule has 4 nitrogen and oxygen atoms in total. The molecule has 0 atom stereocenters. The lowest BCUT2D eigenvalue weighted by atomic mass is 10.1. The van der Waals surface area contributed by atoms with Crippen LogP contribution in [0.1, 0.15) is 41.0 Å². The quantitative estimate of drug-likeness (QED) is 0.446. The van der Waals surface area contributed by atoms with E-state index in [2.05, 4.69) is 4.74 Å². The standard InChI is InChI=1S/C24H24FNO3S/c1-28-23(27)7-2-4-16-8-11-19(12-9-16)29-15-17-14-18(25)10-13-20(17)24-26-21-5-3-6-22(21)30-24/h8-14H,2-7,15H2,1H3. The number of ether oxygens (including phenoxy) is 2. The number of aryl methyl sites for hydroxylation is 3. The van der Waals surface area contributed by atoms with Crippen LogP contribution < -0.4 is 4.74 Å². The summed E-state index contributed by atoms with van der Waals surface area (Å²) in [5, 5.41) is 0.944. The fraction of sp³-hybridized carbons (Fsp3) is 0.333. The van der Waals surface area contributed by atoms with Gasteiger partial charge in [-0.05, 0) is 68.0 Å². The molecule has 3 aromatic rings. The third-order valence-electron chi connectivity index (χ3n) is 5.29. The fourth-order valence-electron chi connectivity index (χ4n) is 3.65. The van der Waals surface area contributed by atoms with E-state index in [1.54, 1.807) is 17.4 Å². The molecule has 0 saturated heterocycles. The van der Waals surface area contributed by atoms with Gasteiger partial charge < -0.3 is 9.47 Å². The largest absolute Gasteiger partial charge is 0.489 e. The van der Waals surface area contributed by atoms with Crippen molar-refractivity contribution in [2.45, 2.75) is 45.1 Å². The minimum Gasteiger partial charge on any atom is -0.489 e. The molecule has 2 aromatic carbocycles. The Kier molecular flexibility index (Phi) is 6.43. The number of esters is 1. The Morgan fingerprint density at radius 2 is 2.00 bits per heavy atom. The predicted molar refractivity (Wildman–Crippen MR) is 115 cm³/mol. The second-order valence-electron chi connectivity index (χ2n) is 7.41. The van der Waals surface area contributed by atoms with Crippen LogP contribution in [0.2, 0.25) is 0 Å². The van der Waals surface area contributed by atoms with Crippen LogP contribution in [0.25, 0.3) is 10.6 Å². The monoisotopic (exact) mass is 425 g/mol. The minimum atomic E-state index is -0.276. The number of hydrogen-bond acceptors (Lipinski definition) is 5. The van der Waals surface area contributed by atoms with Gasteiger partial charge in [-0.15, -0.1) is 11.3 Å². The van der Waals surface area contributed by atoms with Crippen molar-refractivity contribution < 1.29 is 18.7 Å². The molecule has 1 heterocycles. The maximum Gasteiger partial charge on any atom is 0.305 e. The van der Waals surface area contributed by atoms with Gasteiger partial charge in [-0.1, -0.05) is 12.1 Å². The molecule has 4 rings (SSSR count). The smallest absolute Gasteiger partial charge is 0.305 e. The Bertz CT molecular complexity index is 1010. The van der Waals surface area contributed by atoms with Crippen LogP contribution in [0, 0.1) is 5.82 Å². The second-order valence-corrected chi connectivity index (χ2v) is 8.49. The normalized spacial score (nSPS) is 12.6. The molecule has 0 N–H and O–H groups in total. The van der Waals surface area contributed by atoms with Gasteiger partial charge in [0.2, 0.25) is 0 Å². The number of aromatic nitrogens is 1. The van der Waals surface area contributed by atoms with E-state index in [0.717, 1.165) is 53.1 Å². The van der Waals surface area contributed by atoms with Gasteiger partial charge in [0.15, 0.2) is 0 Å². The van der Waals surface area contributed by atoms with E-state index in [4.69, 9.17) is 9.72 Å². The number of carbonyl (C=O) groups excluding carboxylic acids is 1. The number of thiazole rings is 1. The number of nitrogens with zero attached hydrogens (tertiary/aromatic N) is 1. The molecule has 0 saturated carbocycles. The average molecular weight is 426 g/mol. The van der Waals surface area contributed by atoms with Crippen LogP contribution in [0.15, 0.2) is 42.5 Å². The van der Waals surface area contributed by atoms with E-state index in [1.165, 1.54) is 36.2 Å². The summed E-state index contributed by atoms with van der Waals surface area (Å²) in [5.74, 6) is 0.261. The lowest BCUT2D eigenvalue weighted by molar-refractivity contribution is -0.140. The van der Waals surface area contributed by atoms with E-state index in [0.29, 0.717) is 6.42 Å². The van der Waals surface area contributed by atoms with Gasteiger partial charge in [0.1, 0.15) is 23.2 Å². The molecule has 0 radical (unpaired) electrons. The molecule has 0 unspecified atom stereocenters. The Morgan fingerprint density at radius 3 is 2.77 bits per heavy atom. The molecule has 0 bridgehead atoms. The van der Waals surface area contributed by atoms with Gasteiger partial charge in [0.05, 0.1) is 12.8 Å². The topological polar surface area (TPSA) is 48.4 Å². The van der Waals surface area contributed by atoms with Crippen molar-refractivity contribution in [1.29, 1.82) is 0 Å². The van der Waals surface area contributed by atoms with Crippen molar-refractivity contribution in [1.82, 2.24) is 4.98 Å². The van der Waals surface area contributed by atoms with Crippen LogP contribution in [0.4, 0.5) is 4.39 Å². The lowest BCUT2D eigenvalue weighted by Gasteiger charge is -2.11. The zero-order chi connectivity index (χ0) is 20.9. The van der Waals surface area contributed by atoms with E-state index < -0.39 is 0 Å². The maximum atomic E-state index is 13.9. The average Bonchev–Trinajstić information content (AvgIpc) is 3.35. The SMILES string of the molecule is COC(=O)CCCc1ccc(OCc2cc(F)ccc2-c2nc3c(s2)CCC3)cc1. The first kappa shape index (κ1) is 20.5. The van der Waals surface area contributed by atoms with Crippen molar-refractivity contribution in [2.24, 2.45) is 0 Å². The van der Waals surface area contributed by atoms with Crippen LogP contribution in [0.5, 0.6) is 5.75 Å². The number of fused-ring (bicyclic) bond motifs is 1. The Morgan fingerprint density at radius 1 is 1.17 bits per heavy atom. The molecule has 0 fully saturated rings. The fourth-order valence-corrected chi connectivity index (χ4v) is 4.86. The van der Waals surface area contributed by atoms with Gasteiger partial charge in [-0.2, -0.15) is 0 Å². The summed E-state index contributed by atoms with van der Waals surface area (Å²) < 4.78 is 24.5. The summed E-state index contributed by atoms with van der Waals surface area (Å²) in [6, 6.07) is 12.6. The van der Waals surface area contributed by atoms with E-state index >= 15 is 0 Å². The summed E-state index contributed by atoms with van der Waals surface area (Å²) in [6.07, 6.45) is 5.26. The molecule has 0 spiro atoms. The van der Waals surface area contributed by atoms with Gasteiger partial charge in [0.25, 0.3) is 0 Å². The molecule has 156 valence electrons. The third kappa shape index (κ3) is 4.87. The summed E-state index contributed by atoms with van der Waals surface area (Å²) >= 11 is 1.71. The molecule has 30 heavy (non-hydrogen) atoms. The first-order chi connectivity index (χ1) is 14.6. The summed E-state index contributed by atoms with van der Waals surface area (Å²) in [6.45, 7) is 0.277. The molecular weight excluding hydrogens is 401 g/mol. The molecule has 1 aliphatic carbocycles. The number of hydrogen-bond donors (Lipinski definition) is 0. The van der Waals surface area contributed by atoms with Gasteiger partial charge in [0, 0.05) is 22.4 Å². The van der Waals surface area contributed by atoms with Crippen molar-refractivity contribution in [3.05, 3.63) is 70.0 Å². The van der Waals surface area contributed by atoms with Crippen molar-refractivity contribution in [3.63, 3.8) is 0 Å². The maximum absolute atomic E-state index is 13.9. The predicted octanol–water partition coefficient (Wildman–Crippen LogP) is 5.51. The van der Waals surface area contributed by atoms with E-state index in [-0.39, 0.29) is 18.4 Å².